The largest absolute Gasteiger partial charge is 0.436 e. The monoisotopic (exact) mass is 390 g/mol. The van der Waals surface area contributed by atoms with Gasteiger partial charge in [-0.3, -0.25) is 0 Å². The van der Waals surface area contributed by atoms with E-state index < -0.39 is 0 Å². The molecule has 122 valence electrons. The minimum Gasteiger partial charge on any atom is -0.436 e. The minimum absolute atomic E-state index is 0.627. The molecule has 0 aliphatic rings. The lowest BCUT2D eigenvalue weighted by Gasteiger charge is -1.98. The second-order valence-corrected chi connectivity index (χ2v) is 6.67. The molecule has 0 atom stereocenters. The number of hydrogen-bond donors (Lipinski definition) is 1. The van der Waals surface area contributed by atoms with Crippen molar-refractivity contribution in [3.05, 3.63) is 82.3 Å². The lowest BCUT2D eigenvalue weighted by molar-refractivity contribution is 0.620. The van der Waals surface area contributed by atoms with E-state index in [4.69, 9.17) is 10.2 Å². The van der Waals surface area contributed by atoms with Crippen LogP contribution in [-0.4, -0.2) is 4.98 Å². The average Bonchev–Trinajstić information content (AvgIpc) is 3.05. The van der Waals surface area contributed by atoms with Crippen LogP contribution in [0.3, 0.4) is 0 Å². The van der Waals surface area contributed by atoms with Crippen LogP contribution in [0, 0.1) is 0 Å². The van der Waals surface area contributed by atoms with Crippen molar-refractivity contribution in [2.45, 2.75) is 0 Å². The molecule has 4 aromatic rings. The highest BCUT2D eigenvalue weighted by Gasteiger charge is 2.08. The lowest BCUT2D eigenvalue weighted by Crippen LogP contribution is -1.82. The van der Waals surface area contributed by atoms with E-state index in [-0.39, 0.29) is 0 Å². The Morgan fingerprint density at radius 2 is 1.48 bits per heavy atom. The Labute approximate surface area is 153 Å². The fraction of sp³-hybridized carbons (Fsp3) is 0. The van der Waals surface area contributed by atoms with E-state index >= 15 is 0 Å². The molecule has 0 unspecified atom stereocenters. The quantitative estimate of drug-likeness (QED) is 0.344. The zero-order valence-electron chi connectivity index (χ0n) is 13.3. The molecule has 4 rings (SSSR count). The van der Waals surface area contributed by atoms with Gasteiger partial charge in [-0.05, 0) is 53.6 Å². The summed E-state index contributed by atoms with van der Waals surface area (Å²) in [7, 11) is 0. The minimum atomic E-state index is 0.627. The van der Waals surface area contributed by atoms with Crippen LogP contribution in [0.5, 0.6) is 0 Å². The molecule has 4 heteroatoms. The number of aromatic nitrogens is 1. The summed E-state index contributed by atoms with van der Waals surface area (Å²) in [5.41, 5.74) is 11.3. The Bertz CT molecular complexity index is 1050. The molecular formula is C21H15BrN2O. The van der Waals surface area contributed by atoms with E-state index in [2.05, 4.69) is 33.1 Å². The van der Waals surface area contributed by atoms with E-state index in [9.17, 15) is 0 Å². The smallest absolute Gasteiger partial charge is 0.227 e. The second kappa shape index (κ2) is 6.57. The number of hydrogen-bond acceptors (Lipinski definition) is 3. The second-order valence-electron chi connectivity index (χ2n) is 5.75. The Hall–Kier alpha value is -2.85. The number of fused-ring (bicyclic) bond motifs is 1. The number of rotatable bonds is 3. The van der Waals surface area contributed by atoms with Crippen LogP contribution in [-0.2, 0) is 0 Å². The van der Waals surface area contributed by atoms with Gasteiger partial charge in [0.2, 0.25) is 5.89 Å². The van der Waals surface area contributed by atoms with Gasteiger partial charge in [0.05, 0.1) is 0 Å². The van der Waals surface area contributed by atoms with Crippen LogP contribution < -0.4 is 5.73 Å². The molecule has 25 heavy (non-hydrogen) atoms. The van der Waals surface area contributed by atoms with Crippen LogP contribution in [0.2, 0.25) is 0 Å². The maximum atomic E-state index is 5.83. The van der Waals surface area contributed by atoms with Crippen LogP contribution in [0.15, 0.2) is 75.6 Å². The highest BCUT2D eigenvalue weighted by atomic mass is 79.9. The van der Waals surface area contributed by atoms with Gasteiger partial charge >= 0.3 is 0 Å². The first kappa shape index (κ1) is 15.7. The third kappa shape index (κ3) is 3.49. The van der Waals surface area contributed by atoms with Crippen molar-refractivity contribution in [2.75, 3.05) is 5.73 Å². The van der Waals surface area contributed by atoms with Gasteiger partial charge in [0.1, 0.15) is 5.52 Å². The van der Waals surface area contributed by atoms with E-state index in [0.717, 1.165) is 38.0 Å². The number of nitrogens with two attached hydrogens (primary N) is 1. The molecule has 0 saturated heterocycles. The maximum Gasteiger partial charge on any atom is 0.227 e. The summed E-state index contributed by atoms with van der Waals surface area (Å²) in [4.78, 5) is 4.55. The summed E-state index contributed by atoms with van der Waals surface area (Å²) in [6.07, 6.45) is 4.13. The zero-order valence-corrected chi connectivity index (χ0v) is 14.9. The van der Waals surface area contributed by atoms with Crippen LogP contribution in [0.4, 0.5) is 5.69 Å². The molecule has 1 aromatic heterocycles. The van der Waals surface area contributed by atoms with Crippen molar-refractivity contribution in [1.29, 1.82) is 0 Å². The van der Waals surface area contributed by atoms with Gasteiger partial charge in [0.25, 0.3) is 0 Å². The first-order valence-electron chi connectivity index (χ1n) is 7.87. The molecule has 0 aliphatic carbocycles. The first-order valence-corrected chi connectivity index (χ1v) is 8.67. The summed E-state index contributed by atoms with van der Waals surface area (Å²) in [6.45, 7) is 0. The highest BCUT2D eigenvalue weighted by molar-refractivity contribution is 9.10. The molecular weight excluding hydrogens is 376 g/mol. The summed E-state index contributed by atoms with van der Waals surface area (Å²) < 4.78 is 6.82. The van der Waals surface area contributed by atoms with Crippen molar-refractivity contribution in [3.63, 3.8) is 0 Å². The number of anilines is 1. The number of nitrogen functional groups attached to an aromatic ring is 1. The Morgan fingerprint density at radius 1 is 0.840 bits per heavy atom. The van der Waals surface area contributed by atoms with Gasteiger partial charge in [-0.1, -0.05) is 52.3 Å². The normalized spacial score (nSPS) is 11.4. The summed E-state index contributed by atoms with van der Waals surface area (Å²) in [5, 5.41) is 0. The SMILES string of the molecule is Nc1ccc(/C=C/c2ccc(-c3nc4cc(Br)ccc4o3)cc2)cc1. The topological polar surface area (TPSA) is 52.0 Å². The van der Waals surface area contributed by atoms with Gasteiger partial charge in [0, 0.05) is 15.7 Å². The predicted molar refractivity (Wildman–Crippen MR) is 107 cm³/mol. The van der Waals surface area contributed by atoms with E-state index in [0.29, 0.717) is 5.89 Å². The lowest BCUT2D eigenvalue weighted by atomic mass is 10.1. The Morgan fingerprint density at radius 3 is 2.16 bits per heavy atom. The van der Waals surface area contributed by atoms with Crippen molar-refractivity contribution in [1.82, 2.24) is 4.98 Å². The third-order valence-electron chi connectivity index (χ3n) is 3.91. The molecule has 3 aromatic carbocycles. The maximum absolute atomic E-state index is 5.83. The van der Waals surface area contributed by atoms with Gasteiger partial charge in [-0.2, -0.15) is 0 Å². The molecule has 1 heterocycles. The van der Waals surface area contributed by atoms with Gasteiger partial charge < -0.3 is 10.2 Å². The fourth-order valence-electron chi connectivity index (χ4n) is 2.56. The van der Waals surface area contributed by atoms with Crippen molar-refractivity contribution < 1.29 is 4.42 Å². The molecule has 3 nitrogen and oxygen atoms in total. The van der Waals surface area contributed by atoms with Gasteiger partial charge in [0.15, 0.2) is 5.58 Å². The summed E-state index contributed by atoms with van der Waals surface area (Å²) in [5.74, 6) is 0.627. The molecule has 0 bridgehead atoms. The Balaban J connectivity index is 1.57. The van der Waals surface area contributed by atoms with Crippen LogP contribution in [0.1, 0.15) is 11.1 Å². The zero-order chi connectivity index (χ0) is 17.2. The number of halogens is 1. The molecule has 0 aliphatic heterocycles. The van der Waals surface area contributed by atoms with E-state index in [1.165, 1.54) is 0 Å². The van der Waals surface area contributed by atoms with Crippen molar-refractivity contribution >= 4 is 44.9 Å². The van der Waals surface area contributed by atoms with Crippen molar-refractivity contribution in [3.8, 4) is 11.5 Å². The number of benzene rings is 3. The Kier molecular flexibility index (Phi) is 4.12. The van der Waals surface area contributed by atoms with E-state index in [1.54, 1.807) is 0 Å². The molecule has 2 N–H and O–H groups in total. The summed E-state index contributed by atoms with van der Waals surface area (Å²) >= 11 is 3.45. The van der Waals surface area contributed by atoms with Crippen LogP contribution >= 0.6 is 15.9 Å². The molecule has 0 radical (unpaired) electrons. The predicted octanol–water partition coefficient (Wildman–Crippen LogP) is 6.01. The summed E-state index contributed by atoms with van der Waals surface area (Å²) in [6, 6.07) is 21.7. The first-order chi connectivity index (χ1) is 12.2. The molecule has 0 fully saturated rings. The van der Waals surface area contributed by atoms with Gasteiger partial charge in [-0.15, -0.1) is 0 Å². The van der Waals surface area contributed by atoms with Crippen LogP contribution in [0.25, 0.3) is 34.7 Å². The molecule has 0 amide bonds. The fourth-order valence-corrected chi connectivity index (χ4v) is 2.91. The average molecular weight is 391 g/mol. The highest BCUT2D eigenvalue weighted by Crippen LogP contribution is 2.26. The number of nitrogens with zero attached hydrogens (tertiary/aromatic N) is 1. The standard InChI is InChI=1S/C21H15BrN2O/c22-17-9-12-20-19(13-17)24-21(25-20)16-7-3-14(4-8-16)1-2-15-5-10-18(23)11-6-15/h1-13H,23H2/b2-1+. The molecule has 0 spiro atoms. The number of oxazole rings is 1. The van der Waals surface area contributed by atoms with Crippen molar-refractivity contribution in [2.24, 2.45) is 0 Å². The molecule has 0 saturated carbocycles. The van der Waals surface area contributed by atoms with Gasteiger partial charge in [-0.25, -0.2) is 4.98 Å². The third-order valence-corrected chi connectivity index (χ3v) is 4.41. The van der Waals surface area contributed by atoms with E-state index in [1.807, 2.05) is 66.7 Å².